The molecule has 0 aliphatic carbocycles. The second-order valence-electron chi connectivity index (χ2n) is 16.4. The van der Waals surface area contributed by atoms with Crippen molar-refractivity contribution in [2.45, 2.75) is 0 Å². The predicted octanol–water partition coefficient (Wildman–Crippen LogP) is 15.1. The fourth-order valence-electron chi connectivity index (χ4n) is 11.4. The molecule has 0 radical (unpaired) electrons. The number of fused-ring (bicyclic) bond motifs is 20. The summed E-state index contributed by atoms with van der Waals surface area (Å²) in [6.45, 7) is 0. The van der Waals surface area contributed by atoms with Crippen LogP contribution in [-0.4, -0.2) is 13.4 Å². The summed E-state index contributed by atoms with van der Waals surface area (Å²) in [6.07, 6.45) is 0. The van der Waals surface area contributed by atoms with Crippen molar-refractivity contribution in [3.8, 4) is 16.8 Å². The third kappa shape index (κ3) is 3.58. The van der Waals surface area contributed by atoms with E-state index in [4.69, 9.17) is 0 Å². The van der Waals surface area contributed by atoms with Crippen molar-refractivity contribution in [2.75, 3.05) is 0 Å². The average Bonchev–Trinajstić information content (AvgIpc) is 4.09. The van der Waals surface area contributed by atoms with Crippen molar-refractivity contribution in [3.63, 3.8) is 0 Å². The summed E-state index contributed by atoms with van der Waals surface area (Å²) in [4.78, 5) is 0. The van der Waals surface area contributed by atoms with E-state index in [0.717, 1.165) is 0 Å². The van der Waals surface area contributed by atoms with Gasteiger partial charge in [-0.15, -0.1) is 0 Å². The maximum absolute atomic E-state index is 2.61. The molecule has 0 aliphatic rings. The molecule has 0 unspecified atom stereocenters. The fraction of sp³-hybridized carbons (Fsp3) is 0. The number of hydrogen-bond acceptors (Lipinski definition) is 0. The van der Waals surface area contributed by atoms with Gasteiger partial charge in [0, 0.05) is 65.1 Å². The summed E-state index contributed by atoms with van der Waals surface area (Å²) < 4.78 is 7.55. The molecule has 15 rings (SSSR count). The summed E-state index contributed by atoms with van der Waals surface area (Å²) in [7, 11) is 0. The number of aromatic nitrogens is 3. The first-order valence-corrected chi connectivity index (χ1v) is 20.5. The van der Waals surface area contributed by atoms with Crippen LogP contribution in [0.3, 0.4) is 0 Å². The summed E-state index contributed by atoms with van der Waals surface area (Å²) in [5.74, 6) is 0. The molecule has 3 nitrogen and oxygen atoms in total. The van der Waals surface area contributed by atoms with Crippen LogP contribution < -0.4 is 0 Å². The molecule has 0 atom stereocenters. The molecular formula is C56H31N3. The normalized spacial score (nSPS) is 12.7. The fourth-order valence-corrected chi connectivity index (χ4v) is 11.4. The average molecular weight is 746 g/mol. The lowest BCUT2D eigenvalue weighted by atomic mass is 9.94. The summed E-state index contributed by atoms with van der Waals surface area (Å²) in [5.41, 5.74) is 13.7. The van der Waals surface area contributed by atoms with Gasteiger partial charge in [-0.1, -0.05) is 127 Å². The molecule has 0 spiro atoms. The first-order valence-electron chi connectivity index (χ1n) is 20.5. The highest BCUT2D eigenvalue weighted by molar-refractivity contribution is 6.40. The van der Waals surface area contributed by atoms with Crippen LogP contribution in [-0.2, 0) is 0 Å². The Morgan fingerprint density at radius 2 is 0.847 bits per heavy atom. The zero-order valence-corrected chi connectivity index (χ0v) is 31.7. The highest BCUT2D eigenvalue weighted by Gasteiger charge is 2.27. The Labute approximate surface area is 336 Å². The minimum absolute atomic E-state index is 1.17. The summed E-state index contributed by atoms with van der Waals surface area (Å²) >= 11 is 0. The SMILES string of the molecule is c1ccc(-n2c3ccccc3c3cc(-c4cc5ccccc5c5c6cccc7c8c9c%10c%11ccccc%11cc%11c%12ccccc%12n(c9ccc8n(c45)c76)c%11%10)ccc32)cc1. The van der Waals surface area contributed by atoms with E-state index in [-0.39, 0.29) is 0 Å². The molecule has 5 aromatic heterocycles. The maximum Gasteiger partial charge on any atom is 0.0627 e. The molecule has 270 valence electrons. The highest BCUT2D eigenvalue weighted by Crippen LogP contribution is 2.51. The Hall–Kier alpha value is -7.88. The molecule has 0 saturated heterocycles. The Morgan fingerprint density at radius 3 is 1.64 bits per heavy atom. The van der Waals surface area contributed by atoms with Gasteiger partial charge in [-0.25, -0.2) is 0 Å². The van der Waals surface area contributed by atoms with Crippen LogP contribution in [0, 0.1) is 0 Å². The Morgan fingerprint density at radius 1 is 0.271 bits per heavy atom. The molecule has 0 amide bonds. The first kappa shape index (κ1) is 30.3. The van der Waals surface area contributed by atoms with Gasteiger partial charge in [0.2, 0.25) is 0 Å². The van der Waals surface area contributed by atoms with Crippen LogP contribution in [0.1, 0.15) is 0 Å². The molecule has 5 heterocycles. The molecule has 0 aliphatic heterocycles. The molecule has 3 heteroatoms. The van der Waals surface area contributed by atoms with E-state index in [1.807, 2.05) is 0 Å². The van der Waals surface area contributed by atoms with Crippen molar-refractivity contribution < 1.29 is 0 Å². The van der Waals surface area contributed by atoms with Gasteiger partial charge in [0.25, 0.3) is 0 Å². The maximum atomic E-state index is 2.61. The van der Waals surface area contributed by atoms with Gasteiger partial charge in [0.05, 0.1) is 44.1 Å². The van der Waals surface area contributed by atoms with Gasteiger partial charge in [-0.3, -0.25) is 0 Å². The highest BCUT2D eigenvalue weighted by atomic mass is 15.0. The van der Waals surface area contributed by atoms with E-state index in [9.17, 15) is 0 Å². The Bertz CT molecular complexity index is 4290. The topological polar surface area (TPSA) is 13.8 Å². The molecule has 0 fully saturated rings. The Balaban J connectivity index is 1.14. The zero-order valence-electron chi connectivity index (χ0n) is 31.7. The largest absolute Gasteiger partial charge is 0.309 e. The molecule has 0 saturated carbocycles. The van der Waals surface area contributed by atoms with Crippen molar-refractivity contribution in [3.05, 3.63) is 188 Å². The van der Waals surface area contributed by atoms with Crippen LogP contribution >= 0.6 is 0 Å². The zero-order chi connectivity index (χ0) is 38.1. The predicted molar refractivity (Wildman–Crippen MR) is 251 cm³/mol. The lowest BCUT2D eigenvalue weighted by Crippen LogP contribution is -1.93. The van der Waals surface area contributed by atoms with Crippen molar-refractivity contribution >= 4 is 120 Å². The van der Waals surface area contributed by atoms with Crippen molar-refractivity contribution in [2.24, 2.45) is 0 Å². The van der Waals surface area contributed by atoms with Gasteiger partial charge in [0.1, 0.15) is 0 Å². The summed E-state index contributed by atoms with van der Waals surface area (Å²) in [5, 5.41) is 18.2. The summed E-state index contributed by atoms with van der Waals surface area (Å²) in [6, 6.07) is 70.2. The monoisotopic (exact) mass is 745 g/mol. The second kappa shape index (κ2) is 10.5. The minimum atomic E-state index is 1.17. The first-order chi connectivity index (χ1) is 29.3. The number of nitrogens with zero attached hydrogens (tertiary/aromatic N) is 3. The van der Waals surface area contributed by atoms with Crippen LogP contribution in [0.4, 0.5) is 0 Å². The van der Waals surface area contributed by atoms with E-state index in [1.165, 1.54) is 136 Å². The van der Waals surface area contributed by atoms with E-state index in [0.29, 0.717) is 0 Å². The smallest absolute Gasteiger partial charge is 0.0627 e. The minimum Gasteiger partial charge on any atom is -0.309 e. The Kier molecular flexibility index (Phi) is 5.41. The van der Waals surface area contributed by atoms with E-state index >= 15 is 0 Å². The van der Waals surface area contributed by atoms with Crippen LogP contribution in [0.5, 0.6) is 0 Å². The van der Waals surface area contributed by atoms with E-state index < -0.39 is 0 Å². The lowest BCUT2D eigenvalue weighted by Gasteiger charge is -2.12. The van der Waals surface area contributed by atoms with E-state index in [2.05, 4.69) is 201 Å². The third-order valence-electron chi connectivity index (χ3n) is 13.6. The van der Waals surface area contributed by atoms with Crippen LogP contribution in [0.2, 0.25) is 0 Å². The standard InChI is InChI=1S/C56H31N3/c1-2-15-35(16-3-1)57-45-23-10-8-19-38(45)43-30-34(25-26-47(43)57)42-29-32-13-4-6-17-36(32)50-40-21-12-22-41-51-48(59(54(40)41)55(42)50)27-28-49-53(51)52-37-18-7-5-14-33(37)31-44-39-20-9-11-24-46(39)58(49)56(44)52/h1-31H. The molecule has 10 aromatic carbocycles. The molecule has 59 heavy (non-hydrogen) atoms. The second-order valence-corrected chi connectivity index (χ2v) is 16.4. The van der Waals surface area contributed by atoms with Gasteiger partial charge in [-0.05, 0) is 87.8 Å². The van der Waals surface area contributed by atoms with Crippen molar-refractivity contribution in [1.29, 1.82) is 0 Å². The van der Waals surface area contributed by atoms with Crippen molar-refractivity contribution in [1.82, 2.24) is 13.4 Å². The lowest BCUT2D eigenvalue weighted by molar-refractivity contribution is 1.18. The number of para-hydroxylation sites is 4. The number of rotatable bonds is 2. The van der Waals surface area contributed by atoms with Gasteiger partial charge < -0.3 is 13.4 Å². The van der Waals surface area contributed by atoms with Crippen LogP contribution in [0.25, 0.3) is 136 Å². The molecule has 0 bridgehead atoms. The number of hydrogen-bond donors (Lipinski definition) is 0. The quantitative estimate of drug-likeness (QED) is 0.167. The van der Waals surface area contributed by atoms with E-state index in [1.54, 1.807) is 0 Å². The van der Waals surface area contributed by atoms with Gasteiger partial charge in [0.15, 0.2) is 0 Å². The molecule has 15 aromatic rings. The number of benzene rings is 10. The molecular weight excluding hydrogens is 715 g/mol. The molecule has 0 N–H and O–H groups in total. The third-order valence-corrected chi connectivity index (χ3v) is 13.6. The van der Waals surface area contributed by atoms with Gasteiger partial charge >= 0.3 is 0 Å². The van der Waals surface area contributed by atoms with Gasteiger partial charge in [-0.2, -0.15) is 0 Å². The van der Waals surface area contributed by atoms with Crippen LogP contribution in [0.15, 0.2) is 188 Å².